The average Bonchev–Trinajstić information content (AvgIpc) is 3.56. The minimum Gasteiger partial charge on any atom is -0.357 e. The molecular formula is C23H22FN5O2. The second kappa shape index (κ2) is 7.61. The van der Waals surface area contributed by atoms with Crippen LogP contribution < -0.4 is 5.32 Å². The van der Waals surface area contributed by atoms with Crippen LogP contribution in [0.4, 0.5) is 10.2 Å². The molecular weight excluding hydrogens is 397 g/mol. The number of pyridine rings is 2. The summed E-state index contributed by atoms with van der Waals surface area (Å²) in [5, 5.41) is 2.76. The molecule has 8 heteroatoms. The van der Waals surface area contributed by atoms with Crippen LogP contribution >= 0.6 is 0 Å². The van der Waals surface area contributed by atoms with Gasteiger partial charge in [0.05, 0.1) is 6.54 Å². The molecule has 0 unspecified atom stereocenters. The molecule has 1 fully saturated rings. The van der Waals surface area contributed by atoms with Crippen LogP contribution in [0.1, 0.15) is 25.7 Å². The van der Waals surface area contributed by atoms with Crippen molar-refractivity contribution in [3.05, 3.63) is 66.2 Å². The monoisotopic (exact) mass is 419 g/mol. The lowest BCUT2D eigenvalue weighted by atomic mass is 10.0. The first-order chi connectivity index (χ1) is 15.0. The van der Waals surface area contributed by atoms with Gasteiger partial charge in [0.15, 0.2) is 0 Å². The Morgan fingerprint density at radius 2 is 2.10 bits per heavy atom. The Labute approximate surface area is 179 Å². The quantitative estimate of drug-likeness (QED) is 0.754. The van der Waals surface area contributed by atoms with Crippen molar-refractivity contribution >= 4 is 17.6 Å². The SMILES string of the molecule is C=C1C2=C(C(=O)N1C1CC1)N(CC(=O)Nc1ccc(-c3cccnc3F)cn1)CCC2. The van der Waals surface area contributed by atoms with E-state index in [1.165, 1.54) is 12.4 Å². The van der Waals surface area contributed by atoms with Crippen LogP contribution in [-0.2, 0) is 9.59 Å². The third kappa shape index (κ3) is 3.58. The van der Waals surface area contributed by atoms with Gasteiger partial charge in [-0.05, 0) is 49.9 Å². The molecule has 1 saturated carbocycles. The van der Waals surface area contributed by atoms with E-state index in [-0.39, 0.29) is 24.4 Å². The van der Waals surface area contributed by atoms with Crippen molar-refractivity contribution in [1.82, 2.24) is 19.8 Å². The van der Waals surface area contributed by atoms with Gasteiger partial charge in [-0.15, -0.1) is 0 Å². The maximum Gasteiger partial charge on any atom is 0.275 e. The standard InChI is InChI=1S/C23H22FN5O2/c1-14-17-5-3-11-28(21(17)23(31)29(14)16-7-8-16)13-20(30)27-19-9-6-15(12-26-19)18-4-2-10-25-22(18)24/h2,4,6,9-10,12,16H,1,3,5,7-8,11,13H2,(H,26,27,30). The van der Waals surface area contributed by atoms with Gasteiger partial charge in [-0.3, -0.25) is 9.59 Å². The Kier molecular flexibility index (Phi) is 4.77. The number of hydrogen-bond donors (Lipinski definition) is 1. The first kappa shape index (κ1) is 19.4. The molecule has 2 aliphatic heterocycles. The molecule has 2 aromatic rings. The van der Waals surface area contributed by atoms with Gasteiger partial charge >= 0.3 is 0 Å². The van der Waals surface area contributed by atoms with Gasteiger partial charge in [0, 0.05) is 47.4 Å². The van der Waals surface area contributed by atoms with E-state index < -0.39 is 5.95 Å². The molecule has 31 heavy (non-hydrogen) atoms. The minimum absolute atomic E-state index is 0.0315. The Hall–Kier alpha value is -3.55. The summed E-state index contributed by atoms with van der Waals surface area (Å²) < 4.78 is 13.8. The van der Waals surface area contributed by atoms with Gasteiger partial charge in [-0.1, -0.05) is 6.58 Å². The number of rotatable bonds is 5. The van der Waals surface area contributed by atoms with Crippen LogP contribution in [-0.4, -0.2) is 50.7 Å². The fraction of sp³-hybridized carbons (Fsp3) is 0.304. The molecule has 0 bridgehead atoms. The van der Waals surface area contributed by atoms with E-state index in [1.807, 2.05) is 4.90 Å². The van der Waals surface area contributed by atoms with Crippen LogP contribution in [0, 0.1) is 5.95 Å². The van der Waals surface area contributed by atoms with E-state index in [1.54, 1.807) is 29.2 Å². The third-order valence-corrected chi connectivity index (χ3v) is 5.86. The topological polar surface area (TPSA) is 78.4 Å². The molecule has 5 rings (SSSR count). The number of nitrogens with zero attached hydrogens (tertiary/aromatic N) is 4. The van der Waals surface area contributed by atoms with Crippen LogP contribution in [0.2, 0.25) is 0 Å². The molecule has 4 heterocycles. The molecule has 0 aromatic carbocycles. The normalized spacial score (nSPS) is 18.5. The fourth-order valence-electron chi connectivity index (χ4n) is 4.26. The van der Waals surface area contributed by atoms with Crippen LogP contribution in [0.5, 0.6) is 0 Å². The number of amides is 2. The van der Waals surface area contributed by atoms with E-state index in [2.05, 4.69) is 21.9 Å². The van der Waals surface area contributed by atoms with Crippen molar-refractivity contribution < 1.29 is 14.0 Å². The maximum absolute atomic E-state index is 13.8. The van der Waals surface area contributed by atoms with Gasteiger partial charge in [0.2, 0.25) is 11.9 Å². The highest BCUT2D eigenvalue weighted by atomic mass is 19.1. The Morgan fingerprint density at radius 3 is 2.81 bits per heavy atom. The predicted octanol–water partition coefficient (Wildman–Crippen LogP) is 3.09. The highest BCUT2D eigenvalue weighted by molar-refractivity contribution is 6.01. The number of nitrogens with one attached hydrogen (secondary N) is 1. The summed E-state index contributed by atoms with van der Waals surface area (Å²) in [7, 11) is 0. The lowest BCUT2D eigenvalue weighted by Crippen LogP contribution is -2.39. The zero-order valence-electron chi connectivity index (χ0n) is 17.0. The average molecular weight is 419 g/mol. The van der Waals surface area contributed by atoms with Crippen molar-refractivity contribution in [3.63, 3.8) is 0 Å². The van der Waals surface area contributed by atoms with Crippen molar-refractivity contribution in [1.29, 1.82) is 0 Å². The largest absolute Gasteiger partial charge is 0.357 e. The highest BCUT2D eigenvalue weighted by Gasteiger charge is 2.45. The number of halogens is 1. The molecule has 158 valence electrons. The number of allylic oxidation sites excluding steroid dienone is 1. The summed E-state index contributed by atoms with van der Waals surface area (Å²) in [6, 6.07) is 6.84. The molecule has 0 radical (unpaired) electrons. The van der Waals surface area contributed by atoms with Crippen LogP contribution in [0.15, 0.2) is 60.2 Å². The Morgan fingerprint density at radius 1 is 1.26 bits per heavy atom. The van der Waals surface area contributed by atoms with Crippen molar-refractivity contribution in [2.75, 3.05) is 18.4 Å². The Bertz CT molecular complexity index is 1110. The highest BCUT2D eigenvalue weighted by Crippen LogP contribution is 2.42. The van der Waals surface area contributed by atoms with Gasteiger partial charge < -0.3 is 15.1 Å². The summed E-state index contributed by atoms with van der Waals surface area (Å²) >= 11 is 0. The number of anilines is 1. The molecule has 0 atom stereocenters. The van der Waals surface area contributed by atoms with Gasteiger partial charge in [-0.25, -0.2) is 9.97 Å². The lowest BCUT2D eigenvalue weighted by molar-refractivity contribution is -0.126. The zero-order chi connectivity index (χ0) is 21.5. The smallest absolute Gasteiger partial charge is 0.275 e. The van der Waals surface area contributed by atoms with Gasteiger partial charge in [0.25, 0.3) is 5.91 Å². The second-order valence-electron chi connectivity index (χ2n) is 8.03. The molecule has 0 spiro atoms. The van der Waals surface area contributed by atoms with E-state index in [4.69, 9.17) is 0 Å². The predicted molar refractivity (Wildman–Crippen MR) is 113 cm³/mol. The summed E-state index contributed by atoms with van der Waals surface area (Å²) in [6.07, 6.45) is 6.59. The molecule has 1 N–H and O–H groups in total. The number of aromatic nitrogens is 2. The summed E-state index contributed by atoms with van der Waals surface area (Å²) in [5.41, 5.74) is 3.31. The first-order valence-corrected chi connectivity index (χ1v) is 10.4. The van der Waals surface area contributed by atoms with Gasteiger partial charge in [-0.2, -0.15) is 4.39 Å². The lowest BCUT2D eigenvalue weighted by Gasteiger charge is -2.28. The van der Waals surface area contributed by atoms with Crippen LogP contribution in [0.3, 0.4) is 0 Å². The summed E-state index contributed by atoms with van der Waals surface area (Å²) in [4.78, 5) is 37.1. The summed E-state index contributed by atoms with van der Waals surface area (Å²) in [6.45, 7) is 4.85. The van der Waals surface area contributed by atoms with Crippen molar-refractivity contribution in [2.45, 2.75) is 31.7 Å². The fourth-order valence-corrected chi connectivity index (χ4v) is 4.26. The van der Waals surface area contributed by atoms with Crippen molar-refractivity contribution in [2.24, 2.45) is 0 Å². The maximum atomic E-state index is 13.8. The molecule has 7 nitrogen and oxygen atoms in total. The van der Waals surface area contributed by atoms with E-state index in [9.17, 15) is 14.0 Å². The molecule has 2 aromatic heterocycles. The molecule has 3 aliphatic rings. The molecule has 2 amide bonds. The third-order valence-electron chi connectivity index (χ3n) is 5.86. The minimum atomic E-state index is -0.571. The molecule has 0 saturated heterocycles. The zero-order valence-corrected chi connectivity index (χ0v) is 17.0. The van der Waals surface area contributed by atoms with Crippen molar-refractivity contribution in [3.8, 4) is 11.1 Å². The summed E-state index contributed by atoms with van der Waals surface area (Å²) in [5.74, 6) is -0.495. The van der Waals surface area contributed by atoms with E-state index in [0.29, 0.717) is 29.2 Å². The first-order valence-electron chi connectivity index (χ1n) is 10.4. The number of carbonyl (C=O) groups excluding carboxylic acids is 2. The Balaban J connectivity index is 1.27. The van der Waals surface area contributed by atoms with Gasteiger partial charge in [0.1, 0.15) is 11.5 Å². The molecule has 1 aliphatic carbocycles. The second-order valence-corrected chi connectivity index (χ2v) is 8.03. The van der Waals surface area contributed by atoms with Crippen LogP contribution in [0.25, 0.3) is 11.1 Å². The van der Waals surface area contributed by atoms with E-state index in [0.717, 1.165) is 37.0 Å². The number of hydrogen-bond acceptors (Lipinski definition) is 5. The van der Waals surface area contributed by atoms with E-state index >= 15 is 0 Å². The number of carbonyl (C=O) groups is 2.